The largest absolute Gasteiger partial charge is 0.396 e. The van der Waals surface area contributed by atoms with E-state index >= 15 is 0 Å². The smallest absolute Gasteiger partial charge is 0.128 e. The molecule has 0 radical (unpaired) electrons. The molecule has 1 atom stereocenters. The van der Waals surface area contributed by atoms with Gasteiger partial charge in [0.25, 0.3) is 0 Å². The van der Waals surface area contributed by atoms with E-state index in [9.17, 15) is 8.78 Å². The number of hydrogen-bond donors (Lipinski definition) is 2. The van der Waals surface area contributed by atoms with Crippen LogP contribution in [0.1, 0.15) is 45.2 Å². The van der Waals surface area contributed by atoms with Crippen molar-refractivity contribution in [2.24, 2.45) is 5.41 Å². The fraction of sp³-hybridized carbons (Fsp3) is 0.600. The highest BCUT2D eigenvalue weighted by molar-refractivity contribution is 5.21. The van der Waals surface area contributed by atoms with Gasteiger partial charge in [-0.05, 0) is 43.4 Å². The fourth-order valence-corrected chi connectivity index (χ4v) is 2.03. The highest BCUT2D eigenvalue weighted by Crippen LogP contribution is 2.24. The lowest BCUT2D eigenvalue weighted by Crippen LogP contribution is -2.32. The van der Waals surface area contributed by atoms with E-state index in [1.165, 1.54) is 6.07 Å². The van der Waals surface area contributed by atoms with Crippen LogP contribution in [0.2, 0.25) is 0 Å². The van der Waals surface area contributed by atoms with Crippen LogP contribution in [0.3, 0.4) is 0 Å². The maximum atomic E-state index is 13.6. The summed E-state index contributed by atoms with van der Waals surface area (Å²) >= 11 is 0. The van der Waals surface area contributed by atoms with Gasteiger partial charge in [0, 0.05) is 24.8 Å². The molecule has 2 nitrogen and oxygen atoms in total. The summed E-state index contributed by atoms with van der Waals surface area (Å²) in [5.41, 5.74) is 0.360. The number of hydrogen-bond acceptors (Lipinski definition) is 2. The molecule has 0 bridgehead atoms. The molecule has 0 saturated carbocycles. The SMILES string of the molecule is CC(NCC(C)(C)CCCO)c1cc(F)ccc1F. The minimum Gasteiger partial charge on any atom is -0.396 e. The van der Waals surface area contributed by atoms with Crippen molar-refractivity contribution in [3.63, 3.8) is 0 Å². The predicted octanol–water partition coefficient (Wildman–Crippen LogP) is 3.41. The molecule has 0 saturated heterocycles. The van der Waals surface area contributed by atoms with Gasteiger partial charge in [-0.15, -0.1) is 0 Å². The average Bonchev–Trinajstić information content (AvgIpc) is 2.36. The molecule has 0 aliphatic heterocycles. The predicted molar refractivity (Wildman–Crippen MR) is 72.9 cm³/mol. The molecule has 0 amide bonds. The monoisotopic (exact) mass is 271 g/mol. The summed E-state index contributed by atoms with van der Waals surface area (Å²) in [4.78, 5) is 0. The van der Waals surface area contributed by atoms with Crippen molar-refractivity contribution in [1.29, 1.82) is 0 Å². The Morgan fingerprint density at radius 2 is 2.00 bits per heavy atom. The van der Waals surface area contributed by atoms with Gasteiger partial charge in [0.15, 0.2) is 0 Å². The Morgan fingerprint density at radius 1 is 1.32 bits per heavy atom. The summed E-state index contributed by atoms with van der Waals surface area (Å²) in [5.74, 6) is -0.820. The third-order valence-corrected chi connectivity index (χ3v) is 3.32. The maximum Gasteiger partial charge on any atom is 0.128 e. The fourth-order valence-electron chi connectivity index (χ4n) is 2.03. The lowest BCUT2D eigenvalue weighted by Gasteiger charge is -2.27. The van der Waals surface area contributed by atoms with E-state index in [-0.39, 0.29) is 18.1 Å². The molecule has 108 valence electrons. The molecule has 0 spiro atoms. The Bertz CT molecular complexity index is 407. The second-order valence-electron chi connectivity index (χ2n) is 5.76. The molecular weight excluding hydrogens is 248 g/mol. The van der Waals surface area contributed by atoms with Crippen LogP contribution < -0.4 is 5.32 Å². The van der Waals surface area contributed by atoms with Crippen molar-refractivity contribution in [3.8, 4) is 0 Å². The lowest BCUT2D eigenvalue weighted by molar-refractivity contribution is 0.232. The molecule has 19 heavy (non-hydrogen) atoms. The Hall–Kier alpha value is -1.00. The van der Waals surface area contributed by atoms with Gasteiger partial charge in [-0.2, -0.15) is 0 Å². The third kappa shape index (κ3) is 5.25. The van der Waals surface area contributed by atoms with E-state index in [2.05, 4.69) is 19.2 Å². The minimum atomic E-state index is -0.426. The van der Waals surface area contributed by atoms with Crippen LogP contribution in [-0.4, -0.2) is 18.3 Å². The van der Waals surface area contributed by atoms with Crippen LogP contribution in [-0.2, 0) is 0 Å². The lowest BCUT2D eigenvalue weighted by atomic mass is 9.87. The van der Waals surface area contributed by atoms with Crippen LogP contribution in [0.25, 0.3) is 0 Å². The topological polar surface area (TPSA) is 32.3 Å². The van der Waals surface area contributed by atoms with Crippen LogP contribution in [0, 0.1) is 17.0 Å². The first kappa shape index (κ1) is 16.1. The number of aliphatic hydroxyl groups is 1. The molecule has 4 heteroatoms. The van der Waals surface area contributed by atoms with Gasteiger partial charge in [0.05, 0.1) is 0 Å². The molecule has 1 unspecified atom stereocenters. The van der Waals surface area contributed by atoms with E-state index in [1.54, 1.807) is 0 Å². The van der Waals surface area contributed by atoms with Crippen molar-refractivity contribution in [3.05, 3.63) is 35.4 Å². The highest BCUT2D eigenvalue weighted by atomic mass is 19.1. The molecule has 1 rings (SSSR count). The number of rotatable bonds is 7. The molecule has 1 aromatic rings. The molecule has 0 aromatic heterocycles. The number of benzene rings is 1. The van der Waals surface area contributed by atoms with Gasteiger partial charge in [-0.3, -0.25) is 0 Å². The first-order chi connectivity index (χ1) is 8.85. The maximum absolute atomic E-state index is 13.6. The number of halogens is 2. The zero-order valence-electron chi connectivity index (χ0n) is 11.8. The van der Waals surface area contributed by atoms with Gasteiger partial charge in [0.2, 0.25) is 0 Å². The third-order valence-electron chi connectivity index (χ3n) is 3.32. The normalized spacial score (nSPS) is 13.6. The van der Waals surface area contributed by atoms with E-state index in [0.29, 0.717) is 12.1 Å². The molecule has 0 aliphatic carbocycles. The molecule has 0 aliphatic rings. The first-order valence-corrected chi connectivity index (χ1v) is 6.65. The Labute approximate surface area is 113 Å². The Balaban J connectivity index is 2.59. The van der Waals surface area contributed by atoms with Crippen LogP contribution >= 0.6 is 0 Å². The zero-order chi connectivity index (χ0) is 14.5. The molecule has 1 aromatic carbocycles. The summed E-state index contributed by atoms with van der Waals surface area (Å²) in [6, 6.07) is 3.26. The number of aliphatic hydroxyl groups excluding tert-OH is 1. The summed E-state index contributed by atoms with van der Waals surface area (Å²) in [6.07, 6.45) is 1.63. The van der Waals surface area contributed by atoms with Crippen molar-refractivity contribution >= 4 is 0 Å². The van der Waals surface area contributed by atoms with Crippen LogP contribution in [0.5, 0.6) is 0 Å². The Kier molecular flexibility index (Phi) is 5.88. The Morgan fingerprint density at radius 3 is 2.63 bits per heavy atom. The van der Waals surface area contributed by atoms with Crippen molar-refractivity contribution in [2.75, 3.05) is 13.2 Å². The van der Waals surface area contributed by atoms with E-state index in [4.69, 9.17) is 5.11 Å². The second-order valence-corrected chi connectivity index (χ2v) is 5.76. The highest BCUT2D eigenvalue weighted by Gasteiger charge is 2.19. The first-order valence-electron chi connectivity index (χ1n) is 6.65. The second kappa shape index (κ2) is 6.96. The summed E-state index contributed by atoms with van der Waals surface area (Å²) < 4.78 is 26.7. The van der Waals surface area contributed by atoms with E-state index in [1.807, 2.05) is 6.92 Å². The average molecular weight is 271 g/mol. The van der Waals surface area contributed by atoms with E-state index in [0.717, 1.165) is 25.0 Å². The van der Waals surface area contributed by atoms with Gasteiger partial charge in [0.1, 0.15) is 11.6 Å². The van der Waals surface area contributed by atoms with Crippen molar-refractivity contribution in [2.45, 2.75) is 39.7 Å². The summed E-state index contributed by atoms with van der Waals surface area (Å²) in [7, 11) is 0. The standard InChI is InChI=1S/C15H23F2NO/c1-11(13-9-12(16)5-6-14(13)17)18-10-15(2,3)7-4-8-19/h5-6,9,11,18-19H,4,7-8,10H2,1-3H3. The van der Waals surface area contributed by atoms with Gasteiger partial charge in [-0.1, -0.05) is 13.8 Å². The van der Waals surface area contributed by atoms with Crippen LogP contribution in [0.4, 0.5) is 8.78 Å². The molecular formula is C15H23F2NO. The van der Waals surface area contributed by atoms with Gasteiger partial charge < -0.3 is 10.4 Å². The van der Waals surface area contributed by atoms with Gasteiger partial charge in [-0.25, -0.2) is 8.78 Å². The summed E-state index contributed by atoms with van der Waals surface area (Å²) in [5, 5.41) is 12.1. The number of nitrogens with one attached hydrogen (secondary N) is 1. The van der Waals surface area contributed by atoms with Crippen LogP contribution in [0.15, 0.2) is 18.2 Å². The molecule has 0 heterocycles. The quantitative estimate of drug-likeness (QED) is 0.796. The van der Waals surface area contributed by atoms with Crippen molar-refractivity contribution in [1.82, 2.24) is 5.32 Å². The minimum absolute atomic E-state index is 0.0147. The van der Waals surface area contributed by atoms with Gasteiger partial charge >= 0.3 is 0 Å². The van der Waals surface area contributed by atoms with Crippen molar-refractivity contribution < 1.29 is 13.9 Å². The van der Waals surface area contributed by atoms with E-state index < -0.39 is 11.6 Å². The zero-order valence-corrected chi connectivity index (χ0v) is 11.8. The molecule has 0 fully saturated rings. The molecule has 2 N–H and O–H groups in total. The summed E-state index contributed by atoms with van der Waals surface area (Å²) in [6.45, 7) is 6.86.